The molecule has 0 spiro atoms. The molecule has 1 aromatic carbocycles. The van der Waals surface area contributed by atoms with Gasteiger partial charge in [0.05, 0.1) is 9.95 Å². The van der Waals surface area contributed by atoms with E-state index in [1.807, 2.05) is 4.90 Å². The molecule has 5 nitrogen and oxygen atoms in total. The Morgan fingerprint density at radius 1 is 1.58 bits per heavy atom. The van der Waals surface area contributed by atoms with Crippen molar-refractivity contribution in [3.05, 3.63) is 56.7 Å². The Hall–Kier alpha value is -1.82. The van der Waals surface area contributed by atoms with Crippen LogP contribution in [-0.4, -0.2) is 22.9 Å². The highest BCUT2D eigenvalue weighted by atomic mass is 35.5. The third-order valence-electron chi connectivity index (χ3n) is 2.84. The first-order valence-corrected chi connectivity index (χ1v) is 6.22. The largest absolute Gasteiger partial charge is 0.367 e. The molecular formula is C12H13ClFN3O2. The molecule has 1 heterocycles. The van der Waals surface area contributed by atoms with Gasteiger partial charge in [0.1, 0.15) is 5.82 Å². The fourth-order valence-electron chi connectivity index (χ4n) is 1.97. The van der Waals surface area contributed by atoms with Gasteiger partial charge < -0.3 is 10.2 Å². The molecule has 1 aliphatic heterocycles. The quantitative estimate of drug-likeness (QED) is 0.684. The summed E-state index contributed by atoms with van der Waals surface area (Å²) in [5, 5.41) is 13.6. The molecule has 0 bridgehead atoms. The fourth-order valence-corrected chi connectivity index (χ4v) is 2.09. The van der Waals surface area contributed by atoms with Crippen LogP contribution < -0.4 is 5.32 Å². The average Bonchev–Trinajstić information content (AvgIpc) is 2.36. The van der Waals surface area contributed by atoms with E-state index < -0.39 is 10.7 Å². The highest BCUT2D eigenvalue weighted by molar-refractivity contribution is 6.30. The second kappa shape index (κ2) is 5.88. The molecule has 0 aromatic heterocycles. The van der Waals surface area contributed by atoms with Crippen LogP contribution in [0.1, 0.15) is 12.0 Å². The van der Waals surface area contributed by atoms with Crippen LogP contribution in [0.5, 0.6) is 0 Å². The molecule has 102 valence electrons. The molecule has 2 rings (SSSR count). The number of hydrogen-bond acceptors (Lipinski definition) is 4. The number of rotatable bonds is 3. The Balaban J connectivity index is 2.15. The molecule has 1 aliphatic rings. The monoisotopic (exact) mass is 285 g/mol. The number of nitrogens with zero attached hydrogens (tertiary/aromatic N) is 2. The molecule has 0 unspecified atom stereocenters. The van der Waals surface area contributed by atoms with Gasteiger partial charge in [-0.05, 0) is 24.1 Å². The molecule has 7 heteroatoms. The summed E-state index contributed by atoms with van der Waals surface area (Å²) in [5.74, 6) is -0.0319. The maximum Gasteiger partial charge on any atom is 0.274 e. The lowest BCUT2D eigenvalue weighted by atomic mass is 10.2. The second-order valence-electron chi connectivity index (χ2n) is 4.25. The topological polar surface area (TPSA) is 58.4 Å². The van der Waals surface area contributed by atoms with Crippen LogP contribution in [0.2, 0.25) is 5.02 Å². The van der Waals surface area contributed by atoms with Crippen molar-refractivity contribution in [1.29, 1.82) is 0 Å². The summed E-state index contributed by atoms with van der Waals surface area (Å²) >= 11 is 5.62. The lowest BCUT2D eigenvalue weighted by Gasteiger charge is -2.30. The minimum Gasteiger partial charge on any atom is -0.367 e. The first-order chi connectivity index (χ1) is 9.06. The van der Waals surface area contributed by atoms with E-state index in [1.165, 1.54) is 12.1 Å². The van der Waals surface area contributed by atoms with Crippen LogP contribution in [0, 0.1) is 15.9 Å². The van der Waals surface area contributed by atoms with E-state index in [-0.39, 0.29) is 5.02 Å². The minimum atomic E-state index is -0.497. The molecule has 19 heavy (non-hydrogen) atoms. The molecule has 1 N–H and O–H groups in total. The van der Waals surface area contributed by atoms with Crippen molar-refractivity contribution < 1.29 is 9.31 Å². The third kappa shape index (κ3) is 3.57. The van der Waals surface area contributed by atoms with Crippen LogP contribution >= 0.6 is 11.6 Å². The lowest BCUT2D eigenvalue weighted by molar-refractivity contribution is -0.405. The van der Waals surface area contributed by atoms with Crippen molar-refractivity contribution in [2.45, 2.75) is 13.0 Å². The Labute approximate surface area is 114 Å². The standard InChI is InChI=1S/C12H13ClFN3O2/c13-10-3-2-9(6-11(10)14)7-16-5-1-4-15-12(16)8-17(18)19/h2-3,6,8,15H,1,4-5,7H2. The predicted molar refractivity (Wildman–Crippen MR) is 69.5 cm³/mol. The number of nitrogens with one attached hydrogen (secondary N) is 1. The van der Waals surface area contributed by atoms with E-state index in [2.05, 4.69) is 5.32 Å². The van der Waals surface area contributed by atoms with Gasteiger partial charge in [0, 0.05) is 19.6 Å². The lowest BCUT2D eigenvalue weighted by Crippen LogP contribution is -2.39. The molecule has 0 saturated carbocycles. The van der Waals surface area contributed by atoms with Gasteiger partial charge >= 0.3 is 0 Å². The van der Waals surface area contributed by atoms with E-state index in [0.29, 0.717) is 25.5 Å². The molecule has 0 atom stereocenters. The molecule has 1 aromatic rings. The summed E-state index contributed by atoms with van der Waals surface area (Å²) in [6.45, 7) is 1.79. The van der Waals surface area contributed by atoms with Crippen LogP contribution in [0.3, 0.4) is 0 Å². The zero-order valence-electron chi connectivity index (χ0n) is 10.1. The van der Waals surface area contributed by atoms with Crippen LogP contribution in [0.25, 0.3) is 0 Å². The predicted octanol–water partition coefficient (Wildman–Crippen LogP) is 2.35. The first-order valence-electron chi connectivity index (χ1n) is 5.84. The van der Waals surface area contributed by atoms with Gasteiger partial charge in [-0.2, -0.15) is 0 Å². The summed E-state index contributed by atoms with van der Waals surface area (Å²) in [4.78, 5) is 11.9. The Morgan fingerprint density at radius 3 is 3.05 bits per heavy atom. The van der Waals surface area contributed by atoms with Crippen molar-refractivity contribution in [1.82, 2.24) is 10.2 Å². The van der Waals surface area contributed by atoms with Gasteiger partial charge in [0.15, 0.2) is 5.82 Å². The van der Waals surface area contributed by atoms with E-state index in [0.717, 1.165) is 18.2 Å². The molecule has 1 saturated heterocycles. The van der Waals surface area contributed by atoms with Crippen molar-refractivity contribution >= 4 is 11.6 Å². The zero-order chi connectivity index (χ0) is 13.8. The van der Waals surface area contributed by atoms with Gasteiger partial charge in [-0.15, -0.1) is 0 Å². The summed E-state index contributed by atoms with van der Waals surface area (Å²) < 4.78 is 13.4. The second-order valence-corrected chi connectivity index (χ2v) is 4.66. The maximum atomic E-state index is 13.4. The normalized spacial score (nSPS) is 17.4. The molecule has 0 aliphatic carbocycles. The highest BCUT2D eigenvalue weighted by Crippen LogP contribution is 2.19. The summed E-state index contributed by atoms with van der Waals surface area (Å²) in [7, 11) is 0. The number of halogens is 2. The van der Waals surface area contributed by atoms with Gasteiger partial charge in [-0.1, -0.05) is 17.7 Å². The average molecular weight is 286 g/mol. The van der Waals surface area contributed by atoms with Crippen molar-refractivity contribution in [3.8, 4) is 0 Å². The summed E-state index contributed by atoms with van der Waals surface area (Å²) in [5.41, 5.74) is 0.722. The molecule has 1 fully saturated rings. The first kappa shape index (κ1) is 13.6. The highest BCUT2D eigenvalue weighted by Gasteiger charge is 2.18. The summed E-state index contributed by atoms with van der Waals surface area (Å²) in [6, 6.07) is 4.55. The number of nitro groups is 1. The van der Waals surface area contributed by atoms with E-state index in [9.17, 15) is 14.5 Å². The molecule has 0 radical (unpaired) electrons. The van der Waals surface area contributed by atoms with Crippen LogP contribution in [0.4, 0.5) is 4.39 Å². The molecular weight excluding hydrogens is 273 g/mol. The maximum absolute atomic E-state index is 13.4. The fraction of sp³-hybridized carbons (Fsp3) is 0.333. The van der Waals surface area contributed by atoms with Gasteiger partial charge in [-0.25, -0.2) is 4.39 Å². The van der Waals surface area contributed by atoms with Crippen molar-refractivity contribution in [2.24, 2.45) is 0 Å². The Bertz CT molecular complexity index is 522. The smallest absolute Gasteiger partial charge is 0.274 e. The van der Waals surface area contributed by atoms with Gasteiger partial charge in [-0.3, -0.25) is 10.1 Å². The summed E-state index contributed by atoms with van der Waals surface area (Å²) in [6.07, 6.45) is 1.82. The van der Waals surface area contributed by atoms with E-state index in [1.54, 1.807) is 6.07 Å². The minimum absolute atomic E-state index is 0.0709. The zero-order valence-corrected chi connectivity index (χ0v) is 10.9. The van der Waals surface area contributed by atoms with E-state index >= 15 is 0 Å². The number of benzene rings is 1. The Morgan fingerprint density at radius 2 is 2.37 bits per heavy atom. The van der Waals surface area contributed by atoms with Crippen molar-refractivity contribution in [2.75, 3.05) is 13.1 Å². The van der Waals surface area contributed by atoms with E-state index in [4.69, 9.17) is 11.6 Å². The van der Waals surface area contributed by atoms with Gasteiger partial charge in [0.2, 0.25) is 0 Å². The molecule has 0 amide bonds. The number of hydrogen-bond donors (Lipinski definition) is 1. The SMILES string of the molecule is O=[N+]([O-])C=C1NCCCN1Cc1ccc(Cl)c(F)c1. The third-order valence-corrected chi connectivity index (χ3v) is 3.14. The van der Waals surface area contributed by atoms with Gasteiger partial charge in [0.25, 0.3) is 6.20 Å². The Kier molecular flexibility index (Phi) is 4.21. The van der Waals surface area contributed by atoms with Crippen molar-refractivity contribution in [3.63, 3.8) is 0 Å². The van der Waals surface area contributed by atoms with Crippen LogP contribution in [-0.2, 0) is 6.54 Å². The van der Waals surface area contributed by atoms with Crippen LogP contribution in [0.15, 0.2) is 30.2 Å².